The van der Waals surface area contributed by atoms with Gasteiger partial charge in [-0.15, -0.1) is 0 Å². The first kappa shape index (κ1) is 13.6. The molecule has 2 fully saturated rings. The van der Waals surface area contributed by atoms with Crippen molar-refractivity contribution in [3.8, 4) is 0 Å². The summed E-state index contributed by atoms with van der Waals surface area (Å²) in [6.45, 7) is 0.859. The molecular formula is C16H23N3O. The summed E-state index contributed by atoms with van der Waals surface area (Å²) < 4.78 is 0. The molecule has 3 rings (SSSR count). The van der Waals surface area contributed by atoms with E-state index < -0.39 is 0 Å². The molecule has 4 heteroatoms. The summed E-state index contributed by atoms with van der Waals surface area (Å²) in [5, 5.41) is 3.01. The van der Waals surface area contributed by atoms with E-state index >= 15 is 0 Å². The summed E-state index contributed by atoms with van der Waals surface area (Å²) in [5.74, 6) is 0.222. The normalized spacial score (nSPS) is 33.6. The summed E-state index contributed by atoms with van der Waals surface area (Å²) in [5.41, 5.74) is 1.39. The van der Waals surface area contributed by atoms with Gasteiger partial charge in [0.05, 0.1) is 11.2 Å². The Morgan fingerprint density at radius 1 is 1.20 bits per heavy atom. The highest BCUT2D eigenvalue weighted by Crippen LogP contribution is 2.50. The zero-order chi connectivity index (χ0) is 14.2. The molecule has 1 aliphatic heterocycles. The SMILES string of the molecule is CN(C)[C@]1(c2ccccn2)CC[C@@]2(CC1)CNC(=O)C2. The van der Waals surface area contributed by atoms with Crippen molar-refractivity contribution in [1.29, 1.82) is 0 Å². The second kappa shape index (κ2) is 4.85. The van der Waals surface area contributed by atoms with E-state index in [1.54, 1.807) is 0 Å². The minimum atomic E-state index is 0.0259. The van der Waals surface area contributed by atoms with E-state index in [2.05, 4.69) is 41.4 Å². The maximum Gasteiger partial charge on any atom is 0.220 e. The van der Waals surface area contributed by atoms with Crippen LogP contribution in [0.5, 0.6) is 0 Å². The standard InChI is InChI=1S/C16H23N3O/c1-19(2)16(13-5-3-4-10-17-13)8-6-15(7-9-16)11-14(20)18-12-15/h3-5,10H,6-9,11-12H2,1-2H3,(H,18,20)/t15-,16+. The minimum absolute atomic E-state index is 0.0259. The van der Waals surface area contributed by atoms with E-state index in [1.807, 2.05) is 12.3 Å². The first-order valence-corrected chi connectivity index (χ1v) is 7.42. The summed E-state index contributed by atoms with van der Waals surface area (Å²) >= 11 is 0. The molecule has 2 heterocycles. The average molecular weight is 273 g/mol. The Bertz CT molecular complexity index is 490. The highest BCUT2D eigenvalue weighted by molar-refractivity contribution is 5.79. The molecule has 2 aliphatic rings. The Kier molecular flexibility index (Phi) is 3.28. The molecule has 0 bridgehead atoms. The zero-order valence-corrected chi connectivity index (χ0v) is 12.4. The number of nitrogens with zero attached hydrogens (tertiary/aromatic N) is 2. The van der Waals surface area contributed by atoms with E-state index in [-0.39, 0.29) is 16.9 Å². The summed E-state index contributed by atoms with van der Waals surface area (Å²) in [6, 6.07) is 6.17. The fraction of sp³-hybridized carbons (Fsp3) is 0.625. The van der Waals surface area contributed by atoms with Gasteiger partial charge in [-0.25, -0.2) is 0 Å². The van der Waals surface area contributed by atoms with Crippen molar-refractivity contribution < 1.29 is 4.79 Å². The van der Waals surface area contributed by atoms with Crippen LogP contribution in [0.1, 0.15) is 37.8 Å². The Labute approximate surface area is 120 Å². The number of nitrogens with one attached hydrogen (secondary N) is 1. The van der Waals surface area contributed by atoms with Crippen LogP contribution < -0.4 is 5.32 Å². The molecular weight excluding hydrogens is 250 g/mol. The molecule has 0 unspecified atom stereocenters. The maximum atomic E-state index is 11.5. The third-order valence-corrected chi connectivity index (χ3v) is 5.33. The number of carbonyl (C=O) groups is 1. The second-order valence-electron chi connectivity index (χ2n) is 6.59. The predicted octanol–water partition coefficient (Wildman–Crippen LogP) is 1.92. The van der Waals surface area contributed by atoms with Gasteiger partial charge in [0.25, 0.3) is 0 Å². The van der Waals surface area contributed by atoms with Crippen LogP contribution in [0.15, 0.2) is 24.4 Å². The van der Waals surface area contributed by atoms with Crippen molar-refractivity contribution in [3.63, 3.8) is 0 Å². The fourth-order valence-corrected chi connectivity index (χ4v) is 3.87. The van der Waals surface area contributed by atoms with Crippen molar-refractivity contribution >= 4 is 5.91 Å². The molecule has 1 N–H and O–H groups in total. The average Bonchev–Trinajstić information content (AvgIpc) is 2.82. The highest BCUT2D eigenvalue weighted by Gasteiger charge is 2.48. The Morgan fingerprint density at radius 2 is 1.95 bits per heavy atom. The zero-order valence-electron chi connectivity index (χ0n) is 12.4. The molecule has 0 radical (unpaired) electrons. The van der Waals surface area contributed by atoms with Gasteiger partial charge in [0.1, 0.15) is 0 Å². The Morgan fingerprint density at radius 3 is 2.45 bits per heavy atom. The van der Waals surface area contributed by atoms with E-state index in [0.717, 1.165) is 37.9 Å². The summed E-state index contributed by atoms with van der Waals surface area (Å²) in [4.78, 5) is 18.5. The van der Waals surface area contributed by atoms with E-state index in [9.17, 15) is 4.79 Å². The number of hydrogen-bond donors (Lipinski definition) is 1. The van der Waals surface area contributed by atoms with Crippen molar-refractivity contribution in [2.24, 2.45) is 5.41 Å². The van der Waals surface area contributed by atoms with Crippen LogP contribution >= 0.6 is 0 Å². The second-order valence-corrected chi connectivity index (χ2v) is 6.59. The Hall–Kier alpha value is -1.42. The van der Waals surface area contributed by atoms with Gasteiger partial charge in [-0.3, -0.25) is 14.7 Å². The summed E-state index contributed by atoms with van der Waals surface area (Å²) in [6.07, 6.45) is 6.93. The molecule has 1 saturated carbocycles. The van der Waals surface area contributed by atoms with E-state index in [0.29, 0.717) is 6.42 Å². The molecule has 0 atom stereocenters. The molecule has 4 nitrogen and oxygen atoms in total. The van der Waals surface area contributed by atoms with Gasteiger partial charge in [0.15, 0.2) is 0 Å². The first-order valence-electron chi connectivity index (χ1n) is 7.42. The number of pyridine rings is 1. The molecule has 1 aromatic rings. The molecule has 108 valence electrons. The molecule has 1 spiro atoms. The monoisotopic (exact) mass is 273 g/mol. The number of hydrogen-bond acceptors (Lipinski definition) is 3. The fourth-order valence-electron chi connectivity index (χ4n) is 3.87. The van der Waals surface area contributed by atoms with Gasteiger partial charge < -0.3 is 5.32 Å². The highest BCUT2D eigenvalue weighted by atomic mass is 16.1. The lowest BCUT2D eigenvalue weighted by Crippen LogP contribution is -2.47. The van der Waals surface area contributed by atoms with Crippen LogP contribution in [0.4, 0.5) is 0 Å². The van der Waals surface area contributed by atoms with E-state index in [1.165, 1.54) is 0 Å². The van der Waals surface area contributed by atoms with Crippen LogP contribution in [-0.2, 0) is 10.3 Å². The van der Waals surface area contributed by atoms with Crippen molar-refractivity contribution in [1.82, 2.24) is 15.2 Å². The number of aromatic nitrogens is 1. The van der Waals surface area contributed by atoms with Gasteiger partial charge in [0.2, 0.25) is 5.91 Å². The topological polar surface area (TPSA) is 45.2 Å². The summed E-state index contributed by atoms with van der Waals surface area (Å²) in [7, 11) is 4.29. The lowest BCUT2D eigenvalue weighted by molar-refractivity contribution is -0.120. The van der Waals surface area contributed by atoms with Gasteiger partial charge in [-0.05, 0) is 57.3 Å². The number of rotatable bonds is 2. The molecule has 0 aromatic carbocycles. The van der Waals surface area contributed by atoms with Crippen molar-refractivity contribution in [3.05, 3.63) is 30.1 Å². The third-order valence-electron chi connectivity index (χ3n) is 5.33. The number of carbonyl (C=O) groups excluding carboxylic acids is 1. The van der Waals surface area contributed by atoms with E-state index in [4.69, 9.17) is 0 Å². The predicted molar refractivity (Wildman–Crippen MR) is 78.1 cm³/mol. The van der Waals surface area contributed by atoms with Crippen LogP contribution in [0.2, 0.25) is 0 Å². The lowest BCUT2D eigenvalue weighted by Gasteiger charge is -2.47. The third kappa shape index (κ3) is 2.12. The minimum Gasteiger partial charge on any atom is -0.356 e. The first-order chi connectivity index (χ1) is 9.56. The lowest BCUT2D eigenvalue weighted by atomic mass is 9.65. The largest absolute Gasteiger partial charge is 0.356 e. The quantitative estimate of drug-likeness (QED) is 0.895. The molecule has 1 aliphatic carbocycles. The van der Waals surface area contributed by atoms with Gasteiger partial charge in [0, 0.05) is 19.2 Å². The van der Waals surface area contributed by atoms with Crippen LogP contribution in [0.3, 0.4) is 0 Å². The van der Waals surface area contributed by atoms with Crippen LogP contribution in [0.25, 0.3) is 0 Å². The maximum absolute atomic E-state index is 11.5. The van der Waals surface area contributed by atoms with Crippen molar-refractivity contribution in [2.45, 2.75) is 37.6 Å². The van der Waals surface area contributed by atoms with Crippen LogP contribution in [0, 0.1) is 5.41 Å². The van der Waals surface area contributed by atoms with Crippen LogP contribution in [-0.4, -0.2) is 36.4 Å². The molecule has 1 amide bonds. The molecule has 1 aromatic heterocycles. The molecule has 1 saturated heterocycles. The van der Waals surface area contributed by atoms with Gasteiger partial charge >= 0.3 is 0 Å². The van der Waals surface area contributed by atoms with Crippen molar-refractivity contribution in [2.75, 3.05) is 20.6 Å². The van der Waals surface area contributed by atoms with Gasteiger partial charge in [-0.1, -0.05) is 6.07 Å². The molecule has 20 heavy (non-hydrogen) atoms. The van der Waals surface area contributed by atoms with Gasteiger partial charge in [-0.2, -0.15) is 0 Å². The Balaban J connectivity index is 1.84. The number of amides is 1. The smallest absolute Gasteiger partial charge is 0.220 e.